The maximum Gasteiger partial charge on any atom is 0.154 e. The molecule has 0 aliphatic heterocycles. The average Bonchev–Trinajstić information content (AvgIpc) is 2.91. The van der Waals surface area contributed by atoms with Crippen LogP contribution in [0.25, 0.3) is 5.52 Å². The van der Waals surface area contributed by atoms with E-state index < -0.39 is 0 Å². The summed E-state index contributed by atoms with van der Waals surface area (Å²) in [6, 6.07) is 2.51. The predicted octanol–water partition coefficient (Wildman–Crippen LogP) is 3.84. The summed E-state index contributed by atoms with van der Waals surface area (Å²) >= 11 is 6.54. The fourth-order valence-electron chi connectivity index (χ4n) is 3.14. The zero-order valence-corrected chi connectivity index (χ0v) is 13.7. The fourth-order valence-corrected chi connectivity index (χ4v) is 3.59. The maximum absolute atomic E-state index is 6.54. The molecule has 0 amide bonds. The molecule has 1 aliphatic carbocycles. The lowest BCUT2D eigenvalue weighted by atomic mass is 9.94. The van der Waals surface area contributed by atoms with Crippen LogP contribution in [0.3, 0.4) is 0 Å². The maximum atomic E-state index is 6.54. The molecule has 0 bridgehead atoms. The standard InChI is InChI=1S/C16H23ClN4/c1-11(2)13-10-15-16(18-8-9-21(15)19-13)20(3)14-7-5-4-6-12(14)17/h8-12,14H,4-7H2,1-3H3. The zero-order valence-electron chi connectivity index (χ0n) is 13.0. The van der Waals surface area contributed by atoms with Crippen molar-refractivity contribution in [2.45, 2.75) is 56.9 Å². The van der Waals surface area contributed by atoms with Gasteiger partial charge in [0.15, 0.2) is 5.82 Å². The van der Waals surface area contributed by atoms with E-state index in [1.807, 2.05) is 16.9 Å². The van der Waals surface area contributed by atoms with Crippen molar-refractivity contribution in [1.29, 1.82) is 0 Å². The van der Waals surface area contributed by atoms with Gasteiger partial charge in [-0.3, -0.25) is 0 Å². The van der Waals surface area contributed by atoms with Crippen LogP contribution in [0.4, 0.5) is 5.82 Å². The van der Waals surface area contributed by atoms with Crippen molar-refractivity contribution in [1.82, 2.24) is 14.6 Å². The smallest absolute Gasteiger partial charge is 0.154 e. The summed E-state index contributed by atoms with van der Waals surface area (Å²) in [4.78, 5) is 6.84. The molecule has 4 nitrogen and oxygen atoms in total. The van der Waals surface area contributed by atoms with Crippen molar-refractivity contribution in [2.24, 2.45) is 0 Å². The Balaban J connectivity index is 1.98. The Morgan fingerprint density at radius 3 is 2.81 bits per heavy atom. The van der Waals surface area contributed by atoms with E-state index in [1.165, 1.54) is 12.8 Å². The number of alkyl halides is 1. The first kappa shape index (κ1) is 14.6. The largest absolute Gasteiger partial charge is 0.353 e. The summed E-state index contributed by atoms with van der Waals surface area (Å²) in [5, 5.41) is 4.84. The van der Waals surface area contributed by atoms with Gasteiger partial charge in [-0.25, -0.2) is 9.50 Å². The molecule has 0 radical (unpaired) electrons. The number of anilines is 1. The van der Waals surface area contributed by atoms with Crippen LogP contribution < -0.4 is 4.90 Å². The van der Waals surface area contributed by atoms with Crippen molar-refractivity contribution in [3.8, 4) is 0 Å². The number of halogens is 1. The number of hydrogen-bond donors (Lipinski definition) is 0. The highest BCUT2D eigenvalue weighted by Crippen LogP contribution is 2.31. The topological polar surface area (TPSA) is 33.4 Å². The minimum atomic E-state index is 0.207. The Kier molecular flexibility index (Phi) is 4.07. The molecule has 5 heteroatoms. The van der Waals surface area contributed by atoms with Crippen molar-refractivity contribution in [2.75, 3.05) is 11.9 Å². The van der Waals surface area contributed by atoms with E-state index in [9.17, 15) is 0 Å². The van der Waals surface area contributed by atoms with Gasteiger partial charge in [-0.05, 0) is 24.8 Å². The Morgan fingerprint density at radius 2 is 2.10 bits per heavy atom. The van der Waals surface area contributed by atoms with Crippen molar-refractivity contribution >= 4 is 22.9 Å². The second-order valence-electron chi connectivity index (χ2n) is 6.28. The number of nitrogens with zero attached hydrogens (tertiary/aromatic N) is 4. The first-order chi connectivity index (χ1) is 10.1. The quantitative estimate of drug-likeness (QED) is 0.808. The summed E-state index contributed by atoms with van der Waals surface area (Å²) < 4.78 is 1.93. The van der Waals surface area contributed by atoms with Gasteiger partial charge in [-0.1, -0.05) is 26.7 Å². The second kappa shape index (κ2) is 5.84. The lowest BCUT2D eigenvalue weighted by molar-refractivity contribution is 0.433. The number of rotatable bonds is 3. The Hall–Kier alpha value is -1.29. The van der Waals surface area contributed by atoms with Gasteiger partial charge in [0.2, 0.25) is 0 Å². The highest BCUT2D eigenvalue weighted by Gasteiger charge is 2.28. The second-order valence-corrected chi connectivity index (χ2v) is 6.84. The molecule has 0 spiro atoms. The molecule has 1 aliphatic rings. The van der Waals surface area contributed by atoms with Gasteiger partial charge in [-0.2, -0.15) is 5.10 Å². The van der Waals surface area contributed by atoms with Crippen molar-refractivity contribution in [3.63, 3.8) is 0 Å². The lowest BCUT2D eigenvalue weighted by Crippen LogP contribution is -2.41. The summed E-state index contributed by atoms with van der Waals surface area (Å²) in [6.07, 6.45) is 8.45. The van der Waals surface area contributed by atoms with E-state index in [-0.39, 0.29) is 5.38 Å². The van der Waals surface area contributed by atoms with E-state index in [0.717, 1.165) is 29.9 Å². The van der Waals surface area contributed by atoms with E-state index in [0.29, 0.717) is 12.0 Å². The first-order valence-corrected chi connectivity index (χ1v) is 8.22. The van der Waals surface area contributed by atoms with Crippen LogP contribution in [0, 0.1) is 0 Å². The van der Waals surface area contributed by atoms with E-state index in [2.05, 4.69) is 41.9 Å². The highest BCUT2D eigenvalue weighted by atomic mass is 35.5. The molecule has 21 heavy (non-hydrogen) atoms. The van der Waals surface area contributed by atoms with Gasteiger partial charge < -0.3 is 4.90 Å². The van der Waals surface area contributed by atoms with Gasteiger partial charge in [0.1, 0.15) is 5.52 Å². The summed E-state index contributed by atoms with van der Waals surface area (Å²) in [7, 11) is 2.11. The molecule has 2 atom stereocenters. The van der Waals surface area contributed by atoms with Crippen LogP contribution in [-0.2, 0) is 0 Å². The summed E-state index contributed by atoms with van der Waals surface area (Å²) in [6.45, 7) is 4.32. The molecular formula is C16H23ClN4. The van der Waals surface area contributed by atoms with Gasteiger partial charge in [-0.15, -0.1) is 11.6 Å². The normalized spacial score (nSPS) is 22.9. The third kappa shape index (κ3) is 2.73. The molecule has 1 fully saturated rings. The van der Waals surface area contributed by atoms with Gasteiger partial charge in [0.05, 0.1) is 11.1 Å². The predicted molar refractivity (Wildman–Crippen MR) is 87.4 cm³/mol. The Morgan fingerprint density at radius 1 is 1.33 bits per heavy atom. The fraction of sp³-hybridized carbons (Fsp3) is 0.625. The minimum Gasteiger partial charge on any atom is -0.353 e. The molecule has 2 unspecified atom stereocenters. The third-order valence-electron chi connectivity index (χ3n) is 4.46. The Labute approximate surface area is 131 Å². The number of fused-ring (bicyclic) bond motifs is 1. The molecule has 2 heterocycles. The summed E-state index contributed by atoms with van der Waals surface area (Å²) in [5.74, 6) is 1.40. The minimum absolute atomic E-state index is 0.207. The summed E-state index contributed by atoms with van der Waals surface area (Å²) in [5.41, 5.74) is 2.17. The molecule has 2 aromatic rings. The van der Waals surface area contributed by atoms with Gasteiger partial charge in [0.25, 0.3) is 0 Å². The molecular weight excluding hydrogens is 284 g/mol. The van der Waals surface area contributed by atoms with E-state index >= 15 is 0 Å². The third-order valence-corrected chi connectivity index (χ3v) is 4.97. The van der Waals surface area contributed by atoms with Crippen LogP contribution in [0.2, 0.25) is 0 Å². The Bertz CT molecular complexity index is 622. The van der Waals surface area contributed by atoms with E-state index in [4.69, 9.17) is 11.6 Å². The van der Waals surface area contributed by atoms with Crippen LogP contribution in [0.5, 0.6) is 0 Å². The van der Waals surface area contributed by atoms with Crippen molar-refractivity contribution < 1.29 is 0 Å². The molecule has 0 N–H and O–H groups in total. The van der Waals surface area contributed by atoms with Crippen LogP contribution in [0.15, 0.2) is 18.5 Å². The molecule has 3 rings (SSSR count). The molecule has 0 aromatic carbocycles. The van der Waals surface area contributed by atoms with Crippen LogP contribution in [0.1, 0.15) is 51.1 Å². The van der Waals surface area contributed by atoms with Crippen LogP contribution in [-0.4, -0.2) is 33.1 Å². The number of hydrogen-bond acceptors (Lipinski definition) is 3. The highest BCUT2D eigenvalue weighted by molar-refractivity contribution is 6.21. The molecule has 0 saturated heterocycles. The van der Waals surface area contributed by atoms with Crippen molar-refractivity contribution in [3.05, 3.63) is 24.2 Å². The molecule has 2 aromatic heterocycles. The molecule has 114 valence electrons. The lowest BCUT2D eigenvalue weighted by Gasteiger charge is -2.35. The van der Waals surface area contributed by atoms with E-state index in [1.54, 1.807) is 0 Å². The van der Waals surface area contributed by atoms with Gasteiger partial charge >= 0.3 is 0 Å². The SMILES string of the molecule is CC(C)c1cc2c(N(C)C3CCCCC3Cl)nccn2n1. The zero-order chi connectivity index (χ0) is 15.0. The van der Waals surface area contributed by atoms with Crippen LogP contribution >= 0.6 is 11.6 Å². The number of aromatic nitrogens is 3. The van der Waals surface area contributed by atoms with Gasteiger partial charge in [0, 0.05) is 25.5 Å². The monoisotopic (exact) mass is 306 g/mol. The first-order valence-electron chi connectivity index (χ1n) is 7.79. The average molecular weight is 307 g/mol. The molecule has 1 saturated carbocycles.